The molecule has 5 nitrogen and oxygen atoms in total. The van der Waals surface area contributed by atoms with E-state index in [0.717, 1.165) is 24.3 Å². The molecule has 154 valence electrons. The van der Waals surface area contributed by atoms with Crippen molar-refractivity contribution in [2.45, 2.75) is 24.8 Å². The van der Waals surface area contributed by atoms with Crippen molar-refractivity contribution < 1.29 is 31.5 Å². The van der Waals surface area contributed by atoms with Gasteiger partial charge in [-0.05, 0) is 23.8 Å². The third kappa shape index (κ3) is 4.31. The number of alkyl halides is 2. The molecule has 1 aliphatic rings. The lowest BCUT2D eigenvalue weighted by Crippen LogP contribution is -2.35. The van der Waals surface area contributed by atoms with Gasteiger partial charge in [-0.3, -0.25) is 4.79 Å². The monoisotopic (exact) mass is 433 g/mol. The Balaban J connectivity index is 2.05. The Bertz CT molecular complexity index is 973. The van der Waals surface area contributed by atoms with Crippen LogP contribution in [0.15, 0.2) is 24.3 Å². The zero-order valence-electron chi connectivity index (χ0n) is 14.5. The molecule has 1 saturated heterocycles. The highest BCUT2D eigenvalue weighted by molar-refractivity contribution is 6.31. The van der Waals surface area contributed by atoms with Crippen LogP contribution < -0.4 is 10.6 Å². The number of pyridine rings is 1. The number of carbonyl (C=O) groups is 2. The molecule has 1 unspecified atom stereocenters. The fourth-order valence-corrected chi connectivity index (χ4v) is 3.17. The van der Waals surface area contributed by atoms with Gasteiger partial charge in [-0.1, -0.05) is 17.7 Å². The molecular formula is C18H13ClF5N3O2. The molecule has 2 amide bonds. The van der Waals surface area contributed by atoms with Gasteiger partial charge in [0.15, 0.2) is 11.6 Å². The molecule has 1 fully saturated rings. The molecule has 2 aromatic rings. The second-order valence-corrected chi connectivity index (χ2v) is 6.68. The van der Waals surface area contributed by atoms with Crippen LogP contribution in [0.4, 0.5) is 26.7 Å². The fraction of sp³-hybridized carbons (Fsp3) is 0.278. The van der Waals surface area contributed by atoms with Crippen molar-refractivity contribution in [3.05, 3.63) is 63.7 Å². The molecule has 29 heavy (non-hydrogen) atoms. The smallest absolute Gasteiger partial charge is 0.315 e. The van der Waals surface area contributed by atoms with E-state index in [-0.39, 0.29) is 17.8 Å². The van der Waals surface area contributed by atoms with Crippen LogP contribution in [0.3, 0.4) is 0 Å². The first-order valence-electron chi connectivity index (χ1n) is 8.34. The predicted octanol–water partition coefficient (Wildman–Crippen LogP) is 3.86. The zero-order valence-corrected chi connectivity index (χ0v) is 15.2. The number of nitrogens with zero attached hydrogens (tertiary/aromatic N) is 1. The number of urea groups is 1. The van der Waals surface area contributed by atoms with E-state index in [9.17, 15) is 31.5 Å². The van der Waals surface area contributed by atoms with Gasteiger partial charge in [-0.15, -0.1) is 0 Å². The second kappa shape index (κ2) is 8.32. The number of rotatable bonds is 6. The summed E-state index contributed by atoms with van der Waals surface area (Å²) in [5.74, 6) is -5.33. The number of hydrogen-bond donors (Lipinski definition) is 2. The first kappa shape index (κ1) is 21.0. The molecular weight excluding hydrogens is 421 g/mol. The van der Waals surface area contributed by atoms with E-state index in [0.29, 0.717) is 0 Å². The number of amides is 2. The van der Waals surface area contributed by atoms with Gasteiger partial charge >= 0.3 is 6.03 Å². The van der Waals surface area contributed by atoms with Gasteiger partial charge in [0, 0.05) is 24.6 Å². The molecule has 0 radical (unpaired) electrons. The van der Waals surface area contributed by atoms with E-state index in [1.54, 1.807) is 0 Å². The van der Waals surface area contributed by atoms with E-state index in [2.05, 4.69) is 15.6 Å². The highest BCUT2D eigenvalue weighted by Crippen LogP contribution is 2.34. The summed E-state index contributed by atoms with van der Waals surface area (Å²) in [6.45, 7) is -0.0177. The van der Waals surface area contributed by atoms with Crippen molar-refractivity contribution in [1.82, 2.24) is 15.6 Å². The Morgan fingerprint density at radius 2 is 1.86 bits per heavy atom. The maximum absolute atomic E-state index is 14.6. The van der Waals surface area contributed by atoms with Gasteiger partial charge in [-0.2, -0.15) is 0 Å². The molecule has 2 heterocycles. The predicted molar refractivity (Wildman–Crippen MR) is 92.3 cm³/mol. The molecule has 0 saturated carbocycles. The van der Waals surface area contributed by atoms with Gasteiger partial charge in [0.2, 0.25) is 0 Å². The van der Waals surface area contributed by atoms with Crippen molar-refractivity contribution in [3.63, 3.8) is 0 Å². The van der Waals surface area contributed by atoms with Crippen LogP contribution in [0.5, 0.6) is 0 Å². The average Bonchev–Trinajstić information content (AvgIpc) is 3.11. The summed E-state index contributed by atoms with van der Waals surface area (Å²) in [7, 11) is 0. The molecule has 1 aromatic heterocycles. The summed E-state index contributed by atoms with van der Waals surface area (Å²) in [5.41, 5.74) is -1.67. The van der Waals surface area contributed by atoms with Crippen molar-refractivity contribution in [2.75, 3.05) is 6.54 Å². The Morgan fingerprint density at radius 1 is 1.17 bits per heavy atom. The largest absolute Gasteiger partial charge is 0.336 e. The van der Waals surface area contributed by atoms with Crippen LogP contribution in [0.2, 0.25) is 5.02 Å². The number of aromatic nitrogens is 1. The molecule has 0 spiro atoms. The molecule has 11 heteroatoms. The minimum Gasteiger partial charge on any atom is -0.336 e. The van der Waals surface area contributed by atoms with Gasteiger partial charge in [0.25, 0.3) is 6.43 Å². The van der Waals surface area contributed by atoms with E-state index in [1.165, 1.54) is 0 Å². The van der Waals surface area contributed by atoms with Crippen molar-refractivity contribution in [2.24, 2.45) is 0 Å². The van der Waals surface area contributed by atoms with Gasteiger partial charge < -0.3 is 10.6 Å². The van der Waals surface area contributed by atoms with Gasteiger partial charge in [0.05, 0.1) is 0 Å². The topological polar surface area (TPSA) is 71.1 Å². The molecule has 0 bridgehead atoms. The molecule has 1 aromatic carbocycles. The second-order valence-electron chi connectivity index (χ2n) is 6.30. The van der Waals surface area contributed by atoms with Crippen LogP contribution in [-0.2, 0) is 4.79 Å². The van der Waals surface area contributed by atoms with E-state index < -0.39 is 64.8 Å². The summed E-state index contributed by atoms with van der Waals surface area (Å²) in [4.78, 5) is 27.4. The lowest BCUT2D eigenvalue weighted by molar-refractivity contribution is -0.120. The number of hydrogen-bond acceptors (Lipinski definition) is 3. The van der Waals surface area contributed by atoms with Gasteiger partial charge in [0.1, 0.15) is 28.4 Å². The van der Waals surface area contributed by atoms with Crippen LogP contribution in [0, 0.1) is 17.5 Å². The maximum atomic E-state index is 14.6. The van der Waals surface area contributed by atoms with Crippen molar-refractivity contribution >= 4 is 23.4 Å². The van der Waals surface area contributed by atoms with E-state index in [4.69, 9.17) is 11.6 Å². The Labute approximate surface area is 166 Å². The Kier molecular flexibility index (Phi) is 6.02. The fourth-order valence-electron chi connectivity index (χ4n) is 3.00. The number of ketones is 1. The first-order chi connectivity index (χ1) is 13.7. The van der Waals surface area contributed by atoms with E-state index >= 15 is 0 Å². The number of halogens is 6. The van der Waals surface area contributed by atoms with Gasteiger partial charge in [-0.25, -0.2) is 31.7 Å². The highest BCUT2D eigenvalue weighted by atomic mass is 35.5. The lowest BCUT2D eigenvalue weighted by Gasteiger charge is -2.20. The number of carbonyl (C=O) groups excluding carboxylic acids is 2. The number of benzene rings is 1. The van der Waals surface area contributed by atoms with Crippen LogP contribution in [0.25, 0.3) is 0 Å². The molecule has 2 atom stereocenters. The SMILES string of the molecule is O=C1NC[C@@H](C(=O)CC(c2ccc(F)c(C(F)F)n2)c2ccc(F)c(Cl)c2F)N1. The Hall–Kier alpha value is -2.75. The number of Topliss-reactive ketones (excluding diaryl/α,β-unsaturated/α-hetero) is 1. The van der Waals surface area contributed by atoms with Crippen molar-refractivity contribution in [3.8, 4) is 0 Å². The van der Waals surface area contributed by atoms with Crippen molar-refractivity contribution in [1.29, 1.82) is 0 Å². The minimum absolute atomic E-state index is 0.0177. The summed E-state index contributed by atoms with van der Waals surface area (Å²) >= 11 is 5.60. The molecule has 1 aliphatic heterocycles. The quantitative estimate of drug-likeness (QED) is 0.537. The molecule has 2 N–H and O–H groups in total. The zero-order chi connectivity index (χ0) is 21.3. The standard InChI is InChI=1S/C18H13ClF5N3O2/c19-14-9(20)2-1-7(15(14)22)8(5-13(28)12-6-25-18(29)27-12)11-4-3-10(21)16(26-11)17(23)24/h1-4,8,12,17H,5-6H2,(H2,25,27,29)/t8?,12-/m0/s1. The molecule has 0 aliphatic carbocycles. The summed E-state index contributed by atoms with van der Waals surface area (Å²) in [6, 6.07) is 2.11. The normalized spacial score (nSPS) is 17.2. The summed E-state index contributed by atoms with van der Waals surface area (Å²) in [5, 5.41) is 3.90. The average molecular weight is 434 g/mol. The summed E-state index contributed by atoms with van der Waals surface area (Å²) < 4.78 is 67.9. The van der Waals surface area contributed by atoms with Crippen LogP contribution in [0.1, 0.15) is 35.7 Å². The number of nitrogens with one attached hydrogen (secondary N) is 2. The Morgan fingerprint density at radius 3 is 2.48 bits per heavy atom. The maximum Gasteiger partial charge on any atom is 0.315 e. The summed E-state index contributed by atoms with van der Waals surface area (Å²) in [6.07, 6.45) is -3.72. The molecule has 3 rings (SSSR count). The first-order valence-corrected chi connectivity index (χ1v) is 8.71. The third-order valence-electron chi connectivity index (χ3n) is 4.46. The highest BCUT2D eigenvalue weighted by Gasteiger charge is 2.32. The van der Waals surface area contributed by atoms with E-state index in [1.807, 2.05) is 0 Å². The lowest BCUT2D eigenvalue weighted by atomic mass is 9.88. The minimum atomic E-state index is -3.24. The van der Waals surface area contributed by atoms with Crippen LogP contribution >= 0.6 is 11.6 Å². The third-order valence-corrected chi connectivity index (χ3v) is 4.81. The van der Waals surface area contributed by atoms with Crippen LogP contribution in [-0.4, -0.2) is 29.4 Å².